The van der Waals surface area contributed by atoms with E-state index in [-0.39, 0.29) is 13.0 Å². The van der Waals surface area contributed by atoms with Gasteiger partial charge in [0.2, 0.25) is 5.91 Å². The van der Waals surface area contributed by atoms with Crippen LogP contribution in [0.4, 0.5) is 9.18 Å². The molecule has 0 radical (unpaired) electrons. The second kappa shape index (κ2) is 9.15. The van der Waals surface area contributed by atoms with Gasteiger partial charge >= 0.3 is 6.09 Å². The number of halogens is 1. The van der Waals surface area contributed by atoms with Crippen LogP contribution in [0.1, 0.15) is 25.8 Å². The lowest BCUT2D eigenvalue weighted by atomic mass is 10.0. The molecule has 0 spiro atoms. The van der Waals surface area contributed by atoms with Crippen molar-refractivity contribution in [2.75, 3.05) is 13.7 Å². The van der Waals surface area contributed by atoms with Crippen molar-refractivity contribution in [1.29, 1.82) is 5.26 Å². The number of ether oxygens (including phenoxy) is 1. The molecule has 1 heterocycles. The third-order valence-corrected chi connectivity index (χ3v) is 6.12. The number of hydrogen-bond acceptors (Lipinski definition) is 5. The van der Waals surface area contributed by atoms with E-state index in [4.69, 9.17) is 4.74 Å². The maximum absolute atomic E-state index is 13.7. The van der Waals surface area contributed by atoms with Gasteiger partial charge in [0, 0.05) is 16.9 Å². The highest BCUT2D eigenvalue weighted by Gasteiger charge is 2.44. The summed E-state index contributed by atoms with van der Waals surface area (Å²) >= 11 is 1.40. The molecule has 2 amide bonds. The van der Waals surface area contributed by atoms with Crippen molar-refractivity contribution in [1.82, 2.24) is 10.2 Å². The van der Waals surface area contributed by atoms with Crippen LogP contribution >= 0.6 is 11.8 Å². The van der Waals surface area contributed by atoms with Gasteiger partial charge in [-0.3, -0.25) is 4.79 Å². The van der Waals surface area contributed by atoms with Crippen molar-refractivity contribution in [2.24, 2.45) is 0 Å². The fraction of sp³-hybridized carbons (Fsp3) is 0.526. The van der Waals surface area contributed by atoms with Crippen LogP contribution in [-0.2, 0) is 10.5 Å². The molecule has 2 N–H and O–H groups in total. The highest BCUT2D eigenvalue weighted by Crippen LogP contribution is 2.34. The number of hydrogen-bond donors (Lipinski definition) is 2. The van der Waals surface area contributed by atoms with Crippen LogP contribution in [0.2, 0.25) is 0 Å². The first-order valence-corrected chi connectivity index (χ1v) is 9.77. The fourth-order valence-electron chi connectivity index (χ4n) is 3.05. The van der Waals surface area contributed by atoms with Crippen LogP contribution in [0.5, 0.6) is 5.75 Å². The summed E-state index contributed by atoms with van der Waals surface area (Å²) in [6.45, 7) is 3.31. The Labute approximate surface area is 167 Å². The van der Waals surface area contributed by atoms with Crippen molar-refractivity contribution >= 4 is 23.8 Å². The molecular formula is C19H24FN3O4S. The van der Waals surface area contributed by atoms with Gasteiger partial charge in [-0.2, -0.15) is 5.26 Å². The molecule has 1 aromatic rings. The molecule has 0 aliphatic carbocycles. The van der Waals surface area contributed by atoms with Crippen LogP contribution in [0.15, 0.2) is 24.3 Å². The van der Waals surface area contributed by atoms with Crippen molar-refractivity contribution in [3.63, 3.8) is 0 Å². The lowest BCUT2D eigenvalue weighted by Gasteiger charge is -2.35. The number of carbonyl (C=O) groups excluding carboxylic acids is 1. The maximum atomic E-state index is 13.7. The Balaban J connectivity index is 2.15. The van der Waals surface area contributed by atoms with Gasteiger partial charge in [0.25, 0.3) is 0 Å². The highest BCUT2D eigenvalue weighted by molar-refractivity contribution is 7.99. The summed E-state index contributed by atoms with van der Waals surface area (Å²) in [6.07, 6.45) is -2.68. The number of thioether (sulfide) groups is 1. The standard InChI is InChI=1S/C19H24FN3O4S/c1-19(2,28-11-12-4-6-15(27-3)7-5-12)16(22-18(25)26)17(24)23-10-13(20)8-14(23)9-21/h4-7,13-14,16,22H,8,10-11H2,1-3H3,(H,25,26)/t13-,14-,16+/m0/s1. The van der Waals surface area contributed by atoms with Crippen LogP contribution in [0.25, 0.3) is 0 Å². The van der Waals surface area contributed by atoms with Gasteiger partial charge in [-0.1, -0.05) is 12.1 Å². The predicted octanol–water partition coefficient (Wildman–Crippen LogP) is 2.81. The third kappa shape index (κ3) is 5.29. The largest absolute Gasteiger partial charge is 0.497 e. The molecule has 1 aliphatic rings. The van der Waals surface area contributed by atoms with Crippen LogP contribution in [-0.4, -0.2) is 58.7 Å². The number of rotatable bonds is 7. The van der Waals surface area contributed by atoms with E-state index in [9.17, 15) is 24.3 Å². The number of methoxy groups -OCH3 is 1. The Bertz CT molecular complexity index is 751. The van der Waals surface area contributed by atoms with Crippen molar-refractivity contribution in [3.8, 4) is 11.8 Å². The SMILES string of the molecule is COc1ccc(CSC(C)(C)[C@H](NC(=O)O)C(=O)N2C[C@@H](F)C[C@H]2C#N)cc1. The van der Waals surface area contributed by atoms with Crippen molar-refractivity contribution in [3.05, 3.63) is 29.8 Å². The summed E-state index contributed by atoms with van der Waals surface area (Å²) < 4.78 is 18.0. The molecule has 0 saturated carbocycles. The summed E-state index contributed by atoms with van der Waals surface area (Å²) in [5.41, 5.74) is 0.986. The summed E-state index contributed by atoms with van der Waals surface area (Å²) in [6, 6.07) is 7.35. The quantitative estimate of drug-likeness (QED) is 0.718. The van der Waals surface area contributed by atoms with Gasteiger partial charge in [-0.15, -0.1) is 11.8 Å². The number of alkyl halides is 1. The van der Waals surface area contributed by atoms with E-state index in [0.29, 0.717) is 5.75 Å². The number of amides is 2. The number of nitriles is 1. The smallest absolute Gasteiger partial charge is 0.405 e. The van der Waals surface area contributed by atoms with Gasteiger partial charge < -0.3 is 20.1 Å². The van der Waals surface area contributed by atoms with Crippen LogP contribution < -0.4 is 10.1 Å². The maximum Gasteiger partial charge on any atom is 0.405 e. The van der Waals surface area contributed by atoms with E-state index in [2.05, 4.69) is 5.32 Å². The first kappa shape index (κ1) is 21.8. The molecule has 1 aromatic carbocycles. The van der Waals surface area contributed by atoms with Crippen LogP contribution in [0.3, 0.4) is 0 Å². The Morgan fingerprint density at radius 1 is 1.46 bits per heavy atom. The second-order valence-corrected chi connectivity index (χ2v) is 8.72. The highest BCUT2D eigenvalue weighted by atomic mass is 32.2. The third-order valence-electron chi connectivity index (χ3n) is 4.66. The summed E-state index contributed by atoms with van der Waals surface area (Å²) in [5, 5.41) is 20.7. The number of benzene rings is 1. The minimum Gasteiger partial charge on any atom is -0.497 e. The van der Waals surface area contributed by atoms with Gasteiger partial charge in [0.15, 0.2) is 0 Å². The molecule has 7 nitrogen and oxygen atoms in total. The van der Waals surface area contributed by atoms with E-state index in [1.165, 1.54) is 11.8 Å². The molecule has 152 valence electrons. The van der Waals surface area contributed by atoms with E-state index < -0.39 is 35.0 Å². The topological polar surface area (TPSA) is 103 Å². The molecule has 28 heavy (non-hydrogen) atoms. The molecule has 0 aromatic heterocycles. The number of likely N-dealkylation sites (tertiary alicyclic amines) is 1. The lowest BCUT2D eigenvalue weighted by Crippen LogP contribution is -2.58. The van der Waals surface area contributed by atoms with Crippen LogP contribution in [0, 0.1) is 11.3 Å². The Hall–Kier alpha value is -2.47. The van der Waals surface area contributed by atoms with Gasteiger partial charge in [-0.05, 0) is 31.5 Å². The molecule has 1 saturated heterocycles. The predicted molar refractivity (Wildman–Crippen MR) is 104 cm³/mol. The molecule has 0 bridgehead atoms. The Morgan fingerprint density at radius 3 is 2.64 bits per heavy atom. The second-order valence-electron chi connectivity index (χ2n) is 7.09. The van der Waals surface area contributed by atoms with E-state index >= 15 is 0 Å². The first-order valence-electron chi connectivity index (χ1n) is 8.78. The molecular weight excluding hydrogens is 385 g/mol. The van der Waals surface area contributed by atoms with Gasteiger partial charge in [0.1, 0.15) is 24.0 Å². The first-order chi connectivity index (χ1) is 13.2. The summed E-state index contributed by atoms with van der Waals surface area (Å²) in [7, 11) is 1.58. The zero-order valence-corrected chi connectivity index (χ0v) is 16.8. The molecule has 1 fully saturated rings. The zero-order chi connectivity index (χ0) is 20.9. The van der Waals surface area contributed by atoms with Gasteiger partial charge in [-0.25, -0.2) is 9.18 Å². The number of nitrogens with one attached hydrogen (secondary N) is 1. The number of carboxylic acid groups (broad SMARTS) is 1. The lowest BCUT2D eigenvalue weighted by molar-refractivity contribution is -0.134. The normalized spacial score (nSPS) is 20.3. The number of nitrogens with zero attached hydrogens (tertiary/aromatic N) is 2. The van der Waals surface area contributed by atoms with E-state index in [1.807, 2.05) is 30.3 Å². The van der Waals surface area contributed by atoms with E-state index in [1.54, 1.807) is 21.0 Å². The molecule has 9 heteroatoms. The zero-order valence-electron chi connectivity index (χ0n) is 16.0. The van der Waals surface area contributed by atoms with Crippen molar-refractivity contribution < 1.29 is 23.8 Å². The number of carbonyl (C=O) groups is 2. The van der Waals surface area contributed by atoms with E-state index in [0.717, 1.165) is 16.2 Å². The Morgan fingerprint density at radius 2 is 2.11 bits per heavy atom. The fourth-order valence-corrected chi connectivity index (χ4v) is 4.10. The minimum absolute atomic E-state index is 0.0541. The Kier molecular flexibility index (Phi) is 7.13. The minimum atomic E-state index is -1.35. The van der Waals surface area contributed by atoms with Gasteiger partial charge in [0.05, 0.1) is 19.7 Å². The molecule has 0 unspecified atom stereocenters. The average Bonchev–Trinajstić information content (AvgIpc) is 3.05. The monoisotopic (exact) mass is 409 g/mol. The average molecular weight is 409 g/mol. The summed E-state index contributed by atoms with van der Waals surface area (Å²) in [5.74, 6) is 0.683. The molecule has 1 aliphatic heterocycles. The molecule has 2 rings (SSSR count). The summed E-state index contributed by atoms with van der Waals surface area (Å²) in [4.78, 5) is 25.4. The molecule has 3 atom stereocenters. The van der Waals surface area contributed by atoms with Crippen molar-refractivity contribution in [2.45, 2.75) is 49.0 Å².